The molecular weight excluding hydrogens is 292 g/mol. The summed E-state index contributed by atoms with van der Waals surface area (Å²) in [5.74, 6) is 0. The highest BCUT2D eigenvalue weighted by molar-refractivity contribution is 7.92. The largest absolute Gasteiger partial charge is 0.444 e. The van der Waals surface area contributed by atoms with E-state index in [4.69, 9.17) is 4.74 Å². The Morgan fingerprint density at radius 2 is 1.95 bits per heavy atom. The zero-order valence-electron chi connectivity index (χ0n) is 12.4. The van der Waals surface area contributed by atoms with Crippen LogP contribution < -0.4 is 0 Å². The predicted molar refractivity (Wildman–Crippen MR) is 77.6 cm³/mol. The normalized spacial score (nSPS) is 19.6. The van der Waals surface area contributed by atoms with Gasteiger partial charge in [0.05, 0.1) is 10.1 Å². The molecule has 1 aliphatic rings. The summed E-state index contributed by atoms with van der Waals surface area (Å²) >= 11 is 0. The number of amides is 1. The number of hydrogen-bond acceptors (Lipinski definition) is 5. The molecule has 0 aliphatic carbocycles. The molecule has 1 amide bonds. The average Bonchev–Trinajstić information content (AvgIpc) is 2.88. The molecule has 2 rings (SSSR count). The first-order valence-corrected chi connectivity index (χ1v) is 8.36. The Labute approximate surface area is 125 Å². The Morgan fingerprint density at radius 3 is 2.52 bits per heavy atom. The van der Waals surface area contributed by atoms with Crippen LogP contribution in [0.4, 0.5) is 4.79 Å². The molecule has 116 valence electrons. The summed E-state index contributed by atoms with van der Waals surface area (Å²) < 4.78 is 30.2. The van der Waals surface area contributed by atoms with Crippen molar-refractivity contribution in [3.05, 3.63) is 24.5 Å². The number of pyridine rings is 1. The van der Waals surface area contributed by atoms with Gasteiger partial charge in [-0.05, 0) is 39.3 Å². The molecule has 1 aromatic heterocycles. The third-order valence-electron chi connectivity index (χ3n) is 3.21. The molecule has 0 unspecified atom stereocenters. The lowest BCUT2D eigenvalue weighted by molar-refractivity contribution is 0.0295. The van der Waals surface area contributed by atoms with Gasteiger partial charge in [0.2, 0.25) is 0 Å². The molecular formula is C14H20N2O4S. The van der Waals surface area contributed by atoms with E-state index in [9.17, 15) is 13.2 Å². The van der Waals surface area contributed by atoms with Gasteiger partial charge in [-0.3, -0.25) is 4.98 Å². The van der Waals surface area contributed by atoms with Crippen LogP contribution >= 0.6 is 0 Å². The van der Waals surface area contributed by atoms with Crippen LogP contribution in [0.3, 0.4) is 0 Å². The highest BCUT2D eigenvalue weighted by Crippen LogP contribution is 2.24. The van der Waals surface area contributed by atoms with E-state index < -0.39 is 26.8 Å². The second-order valence-electron chi connectivity index (χ2n) is 6.06. The standard InChI is InChI=1S/C14H20N2O4S/c1-14(2,3)20-13(17)16-9-6-12(10-16)21(18,19)11-4-7-15-8-5-11/h4-5,7-8,12H,6,9-10H2,1-3H3/t12-/m1/s1. The predicted octanol–water partition coefficient (Wildman–Crippen LogP) is 1.86. The van der Waals surface area contributed by atoms with E-state index in [1.54, 1.807) is 20.8 Å². The highest BCUT2D eigenvalue weighted by Gasteiger charge is 2.37. The first-order chi connectivity index (χ1) is 9.70. The maximum absolute atomic E-state index is 12.5. The smallest absolute Gasteiger partial charge is 0.410 e. The summed E-state index contributed by atoms with van der Waals surface area (Å²) in [4.78, 5) is 17.5. The lowest BCUT2D eigenvalue weighted by Gasteiger charge is -2.24. The molecule has 1 fully saturated rings. The first-order valence-electron chi connectivity index (χ1n) is 6.82. The minimum Gasteiger partial charge on any atom is -0.444 e. The third-order valence-corrected chi connectivity index (χ3v) is 5.41. The van der Waals surface area contributed by atoms with Gasteiger partial charge in [-0.1, -0.05) is 0 Å². The zero-order valence-corrected chi connectivity index (χ0v) is 13.3. The van der Waals surface area contributed by atoms with E-state index in [1.165, 1.54) is 29.4 Å². The Bertz CT molecular complexity index is 608. The van der Waals surface area contributed by atoms with Gasteiger partial charge in [0.25, 0.3) is 0 Å². The van der Waals surface area contributed by atoms with Crippen molar-refractivity contribution in [1.82, 2.24) is 9.88 Å². The van der Waals surface area contributed by atoms with Gasteiger partial charge < -0.3 is 9.64 Å². The van der Waals surface area contributed by atoms with Crippen LogP contribution in [0.15, 0.2) is 29.4 Å². The molecule has 2 heterocycles. The molecule has 0 spiro atoms. The van der Waals surface area contributed by atoms with Gasteiger partial charge in [-0.2, -0.15) is 0 Å². The minimum absolute atomic E-state index is 0.166. The van der Waals surface area contributed by atoms with Crippen molar-refractivity contribution in [2.75, 3.05) is 13.1 Å². The van der Waals surface area contributed by atoms with Gasteiger partial charge in [0.1, 0.15) is 5.60 Å². The fourth-order valence-electron chi connectivity index (χ4n) is 2.19. The van der Waals surface area contributed by atoms with E-state index in [1.807, 2.05) is 0 Å². The number of rotatable bonds is 2. The number of sulfone groups is 1. The maximum atomic E-state index is 12.5. The number of carbonyl (C=O) groups is 1. The van der Waals surface area contributed by atoms with E-state index in [2.05, 4.69) is 4.98 Å². The molecule has 0 N–H and O–H groups in total. The number of carbonyl (C=O) groups excluding carboxylic acids is 1. The van der Waals surface area contributed by atoms with Crippen molar-refractivity contribution < 1.29 is 17.9 Å². The van der Waals surface area contributed by atoms with Gasteiger partial charge in [0, 0.05) is 25.5 Å². The van der Waals surface area contributed by atoms with Crippen LogP contribution in [0.25, 0.3) is 0 Å². The highest BCUT2D eigenvalue weighted by atomic mass is 32.2. The molecule has 6 nitrogen and oxygen atoms in total. The van der Waals surface area contributed by atoms with Crippen LogP contribution in [-0.4, -0.2) is 48.3 Å². The summed E-state index contributed by atoms with van der Waals surface area (Å²) in [7, 11) is -3.44. The average molecular weight is 312 g/mol. The van der Waals surface area contributed by atoms with Gasteiger partial charge in [0.15, 0.2) is 9.84 Å². The molecule has 7 heteroatoms. The number of ether oxygens (including phenoxy) is 1. The number of aromatic nitrogens is 1. The fraction of sp³-hybridized carbons (Fsp3) is 0.571. The van der Waals surface area contributed by atoms with Crippen LogP contribution in [0, 0.1) is 0 Å². The molecule has 0 aromatic carbocycles. The van der Waals surface area contributed by atoms with Crippen LogP contribution in [0.1, 0.15) is 27.2 Å². The Morgan fingerprint density at radius 1 is 1.33 bits per heavy atom. The summed E-state index contributed by atoms with van der Waals surface area (Å²) in [5.41, 5.74) is -0.584. The quantitative estimate of drug-likeness (QED) is 0.833. The molecule has 21 heavy (non-hydrogen) atoms. The molecule has 1 aliphatic heterocycles. The topological polar surface area (TPSA) is 76.6 Å². The Hall–Kier alpha value is -1.63. The molecule has 0 bridgehead atoms. The molecule has 1 atom stereocenters. The number of hydrogen-bond donors (Lipinski definition) is 0. The maximum Gasteiger partial charge on any atom is 0.410 e. The number of likely N-dealkylation sites (tertiary alicyclic amines) is 1. The minimum atomic E-state index is -3.44. The van der Waals surface area contributed by atoms with Gasteiger partial charge in [-0.25, -0.2) is 13.2 Å². The summed E-state index contributed by atoms with van der Waals surface area (Å²) in [6.45, 7) is 5.91. The van der Waals surface area contributed by atoms with Crippen molar-refractivity contribution in [3.63, 3.8) is 0 Å². The summed E-state index contributed by atoms with van der Waals surface area (Å²) in [6.07, 6.45) is 2.86. The van der Waals surface area contributed by atoms with Crippen molar-refractivity contribution in [1.29, 1.82) is 0 Å². The number of nitrogens with zero attached hydrogens (tertiary/aromatic N) is 2. The van der Waals surface area contributed by atoms with Crippen molar-refractivity contribution in [2.45, 2.75) is 42.9 Å². The molecule has 1 saturated heterocycles. The van der Waals surface area contributed by atoms with Crippen LogP contribution in [-0.2, 0) is 14.6 Å². The second kappa shape index (κ2) is 5.63. The lowest BCUT2D eigenvalue weighted by Crippen LogP contribution is -2.36. The van der Waals surface area contributed by atoms with Gasteiger partial charge >= 0.3 is 6.09 Å². The zero-order chi connectivity index (χ0) is 15.7. The Balaban J connectivity index is 2.07. The SMILES string of the molecule is CC(C)(C)OC(=O)N1CC[C@@H](S(=O)(=O)c2ccncc2)C1. The molecule has 1 aromatic rings. The first kappa shape index (κ1) is 15.8. The fourth-order valence-corrected chi connectivity index (χ4v) is 3.87. The van der Waals surface area contributed by atoms with E-state index in [-0.39, 0.29) is 11.4 Å². The second-order valence-corrected chi connectivity index (χ2v) is 8.29. The van der Waals surface area contributed by atoms with Crippen molar-refractivity contribution >= 4 is 15.9 Å². The lowest BCUT2D eigenvalue weighted by atomic mass is 10.2. The van der Waals surface area contributed by atoms with E-state index in [0.717, 1.165) is 0 Å². The van der Waals surface area contributed by atoms with Crippen molar-refractivity contribution in [3.8, 4) is 0 Å². The van der Waals surface area contributed by atoms with Crippen molar-refractivity contribution in [2.24, 2.45) is 0 Å². The van der Waals surface area contributed by atoms with E-state index >= 15 is 0 Å². The van der Waals surface area contributed by atoms with Crippen LogP contribution in [0.2, 0.25) is 0 Å². The third kappa shape index (κ3) is 3.72. The molecule has 0 radical (unpaired) electrons. The summed E-state index contributed by atoms with van der Waals surface area (Å²) in [5, 5.41) is -0.590. The van der Waals surface area contributed by atoms with E-state index in [0.29, 0.717) is 13.0 Å². The summed E-state index contributed by atoms with van der Waals surface area (Å²) in [6, 6.07) is 2.96. The Kier molecular flexibility index (Phi) is 4.22. The van der Waals surface area contributed by atoms with Gasteiger partial charge in [-0.15, -0.1) is 0 Å². The monoisotopic (exact) mass is 312 g/mol. The molecule has 0 saturated carbocycles. The van der Waals surface area contributed by atoms with Crippen LogP contribution in [0.5, 0.6) is 0 Å².